The van der Waals surface area contributed by atoms with Crippen LogP contribution in [-0.4, -0.2) is 6.21 Å². The van der Waals surface area contributed by atoms with Gasteiger partial charge in [0.15, 0.2) is 0 Å². The Morgan fingerprint density at radius 2 is 0.905 bits per heavy atom. The molecule has 0 aliphatic rings. The van der Waals surface area contributed by atoms with Crippen LogP contribution in [0.3, 0.4) is 0 Å². The molecule has 0 radical (unpaired) electrons. The Hall–Kier alpha value is -0.770. The first-order chi connectivity index (χ1) is 10.4. The lowest BCUT2D eigenvalue weighted by molar-refractivity contribution is 0.532. The average Bonchev–Trinajstić information content (AvgIpc) is 2.50. The summed E-state index contributed by atoms with van der Waals surface area (Å²) in [6.45, 7) is 0. The molecule has 0 saturated carbocycles. The molecule has 0 amide bonds. The molecule has 0 fully saturated rings. The summed E-state index contributed by atoms with van der Waals surface area (Å²) in [6, 6.07) is 0. The quantitative estimate of drug-likeness (QED) is 0.171. The topological polar surface area (TPSA) is 23.9 Å². The van der Waals surface area contributed by atoms with E-state index < -0.39 is 0 Å². The van der Waals surface area contributed by atoms with Crippen LogP contribution in [0.4, 0.5) is 0 Å². The maximum atomic E-state index is 6.96. The van der Waals surface area contributed by atoms with Gasteiger partial charge in [0, 0.05) is 6.42 Å². The molecule has 0 aromatic heterocycles. The Labute approximate surface area is 133 Å². The molecule has 122 valence electrons. The second-order valence-electron chi connectivity index (χ2n) is 6.25. The SMILES string of the molecule is C#CCCCCCCCCCCCCCCCCCC=N. The summed E-state index contributed by atoms with van der Waals surface area (Å²) in [5.74, 6) is 2.71. The van der Waals surface area contributed by atoms with Gasteiger partial charge in [-0.3, -0.25) is 0 Å². The zero-order valence-electron chi connectivity index (χ0n) is 14.2. The lowest BCUT2D eigenvalue weighted by Crippen LogP contribution is -1.84. The third-order valence-corrected chi connectivity index (χ3v) is 4.17. The highest BCUT2D eigenvalue weighted by Crippen LogP contribution is 2.13. The molecule has 0 aliphatic heterocycles. The van der Waals surface area contributed by atoms with Crippen LogP contribution in [0.2, 0.25) is 0 Å². The van der Waals surface area contributed by atoms with Crippen LogP contribution in [0.5, 0.6) is 0 Å². The van der Waals surface area contributed by atoms with Crippen molar-refractivity contribution < 1.29 is 0 Å². The Kier molecular flexibility index (Phi) is 18.5. The summed E-state index contributed by atoms with van der Waals surface area (Å²) in [5.41, 5.74) is 0. The zero-order chi connectivity index (χ0) is 15.4. The standard InChI is InChI=1S/C20H37N/c1-2-3-4-5-6-7-8-9-10-11-12-13-14-15-16-17-18-19-20-21/h1,20-21H,3-19H2. The van der Waals surface area contributed by atoms with Crippen LogP contribution in [0.25, 0.3) is 0 Å². The van der Waals surface area contributed by atoms with Crippen molar-refractivity contribution in [2.75, 3.05) is 0 Å². The van der Waals surface area contributed by atoms with E-state index in [-0.39, 0.29) is 0 Å². The van der Waals surface area contributed by atoms with Gasteiger partial charge in [0.05, 0.1) is 0 Å². The highest BCUT2D eigenvalue weighted by Gasteiger charge is 1.94. The van der Waals surface area contributed by atoms with Crippen LogP contribution in [0, 0.1) is 17.8 Å². The highest BCUT2D eigenvalue weighted by molar-refractivity contribution is 5.52. The fraction of sp³-hybridized carbons (Fsp3) is 0.850. The number of hydrogen-bond donors (Lipinski definition) is 1. The van der Waals surface area contributed by atoms with Crippen molar-refractivity contribution in [3.8, 4) is 12.3 Å². The van der Waals surface area contributed by atoms with E-state index in [1.165, 1.54) is 103 Å². The number of terminal acetylenes is 1. The Bertz CT molecular complexity index is 239. The number of unbranched alkanes of at least 4 members (excludes halogenated alkanes) is 16. The van der Waals surface area contributed by atoms with Gasteiger partial charge in [-0.05, 0) is 25.5 Å². The van der Waals surface area contributed by atoms with Crippen molar-refractivity contribution in [1.82, 2.24) is 0 Å². The van der Waals surface area contributed by atoms with E-state index in [4.69, 9.17) is 11.8 Å². The Balaban J connectivity index is 2.93. The monoisotopic (exact) mass is 291 g/mol. The normalized spacial score (nSPS) is 10.4. The third kappa shape index (κ3) is 19.2. The van der Waals surface area contributed by atoms with Crippen molar-refractivity contribution in [3.63, 3.8) is 0 Å². The van der Waals surface area contributed by atoms with Gasteiger partial charge in [0.2, 0.25) is 0 Å². The van der Waals surface area contributed by atoms with Gasteiger partial charge < -0.3 is 5.41 Å². The van der Waals surface area contributed by atoms with E-state index in [0.717, 1.165) is 12.8 Å². The molecule has 0 saturated heterocycles. The molecule has 0 heterocycles. The van der Waals surface area contributed by atoms with E-state index in [1.54, 1.807) is 0 Å². The van der Waals surface area contributed by atoms with Gasteiger partial charge >= 0.3 is 0 Å². The van der Waals surface area contributed by atoms with Crippen LogP contribution in [-0.2, 0) is 0 Å². The highest BCUT2D eigenvalue weighted by atomic mass is 14.3. The minimum atomic E-state index is 0.961. The van der Waals surface area contributed by atoms with Crippen molar-refractivity contribution >= 4 is 6.21 Å². The average molecular weight is 292 g/mol. The molecule has 1 N–H and O–H groups in total. The summed E-state index contributed by atoms with van der Waals surface area (Å²) in [7, 11) is 0. The molecule has 0 atom stereocenters. The van der Waals surface area contributed by atoms with Crippen LogP contribution < -0.4 is 0 Å². The van der Waals surface area contributed by atoms with Crippen LogP contribution in [0.1, 0.15) is 109 Å². The molecule has 0 unspecified atom stereocenters. The first kappa shape index (κ1) is 20.2. The van der Waals surface area contributed by atoms with Crippen LogP contribution in [0.15, 0.2) is 0 Å². The molecule has 0 aromatic rings. The summed E-state index contributed by atoms with van der Waals surface area (Å²) >= 11 is 0. The smallest absolute Gasteiger partial charge is 0.00860 e. The maximum Gasteiger partial charge on any atom is 0.00860 e. The molecule has 0 spiro atoms. The second-order valence-corrected chi connectivity index (χ2v) is 6.25. The Morgan fingerprint density at radius 1 is 0.571 bits per heavy atom. The predicted octanol–water partition coefficient (Wildman–Crippen LogP) is 6.90. The fourth-order valence-electron chi connectivity index (χ4n) is 2.77. The van der Waals surface area contributed by atoms with Crippen molar-refractivity contribution in [2.45, 2.75) is 109 Å². The van der Waals surface area contributed by atoms with E-state index in [9.17, 15) is 0 Å². The number of nitrogens with one attached hydrogen (secondary N) is 1. The zero-order valence-corrected chi connectivity index (χ0v) is 14.2. The first-order valence-corrected chi connectivity index (χ1v) is 9.34. The summed E-state index contributed by atoms with van der Waals surface area (Å²) in [4.78, 5) is 0. The van der Waals surface area contributed by atoms with Gasteiger partial charge in [-0.2, -0.15) is 0 Å². The van der Waals surface area contributed by atoms with Crippen molar-refractivity contribution in [3.05, 3.63) is 0 Å². The summed E-state index contributed by atoms with van der Waals surface area (Å²) in [5, 5.41) is 6.96. The lowest BCUT2D eigenvalue weighted by Gasteiger charge is -2.03. The number of rotatable bonds is 17. The lowest BCUT2D eigenvalue weighted by atomic mass is 10.0. The minimum absolute atomic E-state index is 0.961. The molecule has 1 heteroatoms. The van der Waals surface area contributed by atoms with Gasteiger partial charge in [-0.15, -0.1) is 12.3 Å². The van der Waals surface area contributed by atoms with Crippen LogP contribution >= 0.6 is 0 Å². The molecule has 1 nitrogen and oxygen atoms in total. The molecule has 21 heavy (non-hydrogen) atoms. The minimum Gasteiger partial charge on any atom is -0.313 e. The second kappa shape index (κ2) is 19.2. The molecular formula is C20H37N. The van der Waals surface area contributed by atoms with E-state index in [2.05, 4.69) is 5.92 Å². The molecule has 0 bridgehead atoms. The van der Waals surface area contributed by atoms with Gasteiger partial charge in [-0.25, -0.2) is 0 Å². The fourth-order valence-corrected chi connectivity index (χ4v) is 2.77. The first-order valence-electron chi connectivity index (χ1n) is 9.34. The van der Waals surface area contributed by atoms with Crippen molar-refractivity contribution in [1.29, 1.82) is 5.41 Å². The maximum absolute atomic E-state index is 6.96. The van der Waals surface area contributed by atoms with Gasteiger partial charge in [0.1, 0.15) is 0 Å². The van der Waals surface area contributed by atoms with E-state index in [1.807, 2.05) is 0 Å². The van der Waals surface area contributed by atoms with Gasteiger partial charge in [-0.1, -0.05) is 83.5 Å². The molecule has 0 aromatic carbocycles. The van der Waals surface area contributed by atoms with Crippen molar-refractivity contribution in [2.24, 2.45) is 0 Å². The third-order valence-electron chi connectivity index (χ3n) is 4.17. The summed E-state index contributed by atoms with van der Waals surface area (Å²) < 4.78 is 0. The van der Waals surface area contributed by atoms with Gasteiger partial charge in [0.25, 0.3) is 0 Å². The van der Waals surface area contributed by atoms with E-state index in [0.29, 0.717) is 0 Å². The molecule has 0 rings (SSSR count). The van der Waals surface area contributed by atoms with E-state index >= 15 is 0 Å². The summed E-state index contributed by atoms with van der Waals surface area (Å²) in [6.07, 6.45) is 29.3. The largest absolute Gasteiger partial charge is 0.313 e. The Morgan fingerprint density at radius 3 is 1.24 bits per heavy atom. The predicted molar refractivity (Wildman–Crippen MR) is 96.1 cm³/mol. The molecular weight excluding hydrogens is 254 g/mol. The number of hydrogen-bond acceptors (Lipinski definition) is 1. The molecule has 0 aliphatic carbocycles.